The molecular weight excluding hydrogens is 412 g/mol. The fraction of sp³-hybridized carbons (Fsp3) is 0.176. The Hall–Kier alpha value is -1.63. The predicted molar refractivity (Wildman–Crippen MR) is 105 cm³/mol. The number of carbonyl (C=O) groups is 1. The fourth-order valence-electron chi connectivity index (χ4n) is 1.86. The average Bonchev–Trinajstić information content (AvgIpc) is 2.55. The molecule has 2 aromatic rings. The summed E-state index contributed by atoms with van der Waals surface area (Å²) in [5, 5.41) is 6.22. The Morgan fingerprint density at radius 3 is 2.71 bits per heavy atom. The minimum absolute atomic E-state index is 0.176. The summed E-state index contributed by atoms with van der Waals surface area (Å²) in [7, 11) is 0. The molecule has 2 N–H and O–H groups in total. The lowest BCUT2D eigenvalue weighted by molar-refractivity contribution is 0.0977. The molecule has 0 heterocycles. The third-order valence-corrected chi connectivity index (χ3v) is 4.16. The number of nitrogens with one attached hydrogen (secondary N) is 2. The first kappa shape index (κ1) is 18.7. The number of thiocarbonyl (C=S) groups is 1. The molecule has 4 nitrogen and oxygen atoms in total. The highest BCUT2D eigenvalue weighted by molar-refractivity contribution is 9.10. The van der Waals surface area contributed by atoms with Crippen molar-refractivity contribution in [3.63, 3.8) is 0 Å². The SMILES string of the molecule is CCCOc1ccc(C(=O)NC(=S)Nc2ccccc2Cl)cc1Br. The molecule has 0 radical (unpaired) electrons. The molecule has 0 atom stereocenters. The van der Waals surface area contributed by atoms with Crippen molar-refractivity contribution in [3.8, 4) is 5.75 Å². The highest BCUT2D eigenvalue weighted by atomic mass is 79.9. The van der Waals surface area contributed by atoms with Crippen LogP contribution in [0.25, 0.3) is 0 Å². The minimum Gasteiger partial charge on any atom is -0.492 e. The lowest BCUT2D eigenvalue weighted by Gasteiger charge is -2.12. The Balaban J connectivity index is 2.00. The Labute approximate surface area is 159 Å². The molecule has 0 aromatic heterocycles. The number of para-hydroxylation sites is 1. The molecule has 0 saturated carbocycles. The van der Waals surface area contributed by atoms with Crippen LogP contribution in [0.15, 0.2) is 46.9 Å². The van der Waals surface area contributed by atoms with Crippen LogP contribution in [0.5, 0.6) is 5.75 Å². The number of anilines is 1. The van der Waals surface area contributed by atoms with Gasteiger partial charge in [-0.25, -0.2) is 0 Å². The Bertz CT molecular complexity index is 755. The molecule has 0 saturated heterocycles. The van der Waals surface area contributed by atoms with Crippen molar-refractivity contribution in [2.24, 2.45) is 0 Å². The average molecular weight is 428 g/mol. The Kier molecular flexibility index (Phi) is 7.02. The minimum atomic E-state index is -0.317. The van der Waals surface area contributed by atoms with Gasteiger partial charge in [-0.05, 0) is 64.9 Å². The standard InChI is InChI=1S/C17H16BrClN2O2S/c1-2-9-23-15-8-7-11(10-12(15)18)16(22)21-17(24)20-14-6-4-3-5-13(14)19/h3-8,10H,2,9H2,1H3,(H2,20,21,22,24). The Morgan fingerprint density at radius 1 is 1.29 bits per heavy atom. The summed E-state index contributed by atoms with van der Waals surface area (Å²) in [6.07, 6.45) is 0.913. The van der Waals surface area contributed by atoms with E-state index in [9.17, 15) is 4.79 Å². The lowest BCUT2D eigenvalue weighted by atomic mass is 10.2. The van der Waals surface area contributed by atoms with Crippen molar-refractivity contribution in [1.82, 2.24) is 5.32 Å². The second kappa shape index (κ2) is 9.01. The van der Waals surface area contributed by atoms with Crippen LogP contribution in [0, 0.1) is 0 Å². The monoisotopic (exact) mass is 426 g/mol. The summed E-state index contributed by atoms with van der Waals surface area (Å²) >= 11 is 14.6. The van der Waals surface area contributed by atoms with Crippen LogP contribution in [0.1, 0.15) is 23.7 Å². The van der Waals surface area contributed by atoms with Crippen LogP contribution in [0.4, 0.5) is 5.69 Å². The maximum absolute atomic E-state index is 12.3. The van der Waals surface area contributed by atoms with Gasteiger partial charge >= 0.3 is 0 Å². The molecule has 126 valence electrons. The van der Waals surface area contributed by atoms with Crippen molar-refractivity contribution in [3.05, 3.63) is 57.5 Å². The maximum atomic E-state index is 12.3. The zero-order valence-electron chi connectivity index (χ0n) is 12.9. The number of hydrogen-bond donors (Lipinski definition) is 2. The summed E-state index contributed by atoms with van der Waals surface area (Å²) in [5.74, 6) is 0.382. The van der Waals surface area contributed by atoms with E-state index >= 15 is 0 Å². The van der Waals surface area contributed by atoms with Gasteiger partial charge < -0.3 is 10.1 Å². The third-order valence-electron chi connectivity index (χ3n) is 3.00. The molecular formula is C17H16BrClN2O2S. The van der Waals surface area contributed by atoms with Gasteiger partial charge in [-0.2, -0.15) is 0 Å². The van der Waals surface area contributed by atoms with Crippen molar-refractivity contribution in [2.75, 3.05) is 11.9 Å². The number of halogens is 2. The van der Waals surface area contributed by atoms with E-state index in [4.69, 9.17) is 28.6 Å². The maximum Gasteiger partial charge on any atom is 0.257 e. The summed E-state index contributed by atoms with van der Waals surface area (Å²) in [6.45, 7) is 2.65. The van der Waals surface area contributed by atoms with E-state index in [1.165, 1.54) is 0 Å². The number of ether oxygens (including phenoxy) is 1. The van der Waals surface area contributed by atoms with Crippen LogP contribution in [-0.2, 0) is 0 Å². The normalized spacial score (nSPS) is 10.1. The first-order valence-corrected chi connectivity index (χ1v) is 8.88. The molecule has 7 heteroatoms. The molecule has 2 rings (SSSR count). The van der Waals surface area contributed by atoms with Gasteiger partial charge in [0.2, 0.25) is 0 Å². The van der Waals surface area contributed by atoms with Crippen LogP contribution in [-0.4, -0.2) is 17.6 Å². The van der Waals surface area contributed by atoms with E-state index in [1.807, 2.05) is 19.1 Å². The largest absolute Gasteiger partial charge is 0.492 e. The fourth-order valence-corrected chi connectivity index (χ4v) is 2.74. The quantitative estimate of drug-likeness (QED) is 0.658. The zero-order chi connectivity index (χ0) is 17.5. The number of rotatable bonds is 5. The van der Waals surface area contributed by atoms with Gasteiger partial charge in [0, 0.05) is 5.56 Å². The smallest absolute Gasteiger partial charge is 0.257 e. The molecule has 0 aliphatic carbocycles. The number of amides is 1. The lowest BCUT2D eigenvalue weighted by Crippen LogP contribution is -2.34. The van der Waals surface area contributed by atoms with E-state index in [1.54, 1.807) is 30.3 Å². The Morgan fingerprint density at radius 2 is 2.04 bits per heavy atom. The van der Waals surface area contributed by atoms with Gasteiger partial charge in [0.25, 0.3) is 5.91 Å². The van der Waals surface area contributed by atoms with Crippen molar-refractivity contribution in [1.29, 1.82) is 0 Å². The molecule has 0 fully saturated rings. The predicted octanol–water partition coefficient (Wildman–Crippen LogP) is 5.02. The number of benzene rings is 2. The molecule has 2 aromatic carbocycles. The third kappa shape index (κ3) is 5.19. The van der Waals surface area contributed by atoms with E-state index in [0.29, 0.717) is 33.1 Å². The van der Waals surface area contributed by atoms with Gasteiger partial charge in [0.1, 0.15) is 5.75 Å². The van der Waals surface area contributed by atoms with Crippen LogP contribution >= 0.6 is 39.7 Å². The topological polar surface area (TPSA) is 50.4 Å². The second-order valence-electron chi connectivity index (χ2n) is 4.88. The number of carbonyl (C=O) groups excluding carboxylic acids is 1. The van der Waals surface area contributed by atoms with Gasteiger partial charge in [0.15, 0.2) is 5.11 Å². The molecule has 0 spiro atoms. The van der Waals surface area contributed by atoms with Gasteiger partial charge in [-0.3, -0.25) is 10.1 Å². The summed E-state index contributed by atoms with van der Waals surface area (Å²) in [4.78, 5) is 12.3. The highest BCUT2D eigenvalue weighted by Gasteiger charge is 2.11. The second-order valence-corrected chi connectivity index (χ2v) is 6.55. The number of hydrogen-bond acceptors (Lipinski definition) is 3. The summed E-state index contributed by atoms with van der Waals surface area (Å²) < 4.78 is 6.28. The van der Waals surface area contributed by atoms with Crippen molar-refractivity contribution >= 4 is 56.5 Å². The molecule has 1 amide bonds. The van der Waals surface area contributed by atoms with E-state index in [0.717, 1.165) is 6.42 Å². The van der Waals surface area contributed by atoms with Crippen LogP contribution in [0.3, 0.4) is 0 Å². The highest BCUT2D eigenvalue weighted by Crippen LogP contribution is 2.26. The summed E-state index contributed by atoms with van der Waals surface area (Å²) in [5.41, 5.74) is 1.10. The zero-order valence-corrected chi connectivity index (χ0v) is 16.1. The van der Waals surface area contributed by atoms with Crippen molar-refractivity contribution < 1.29 is 9.53 Å². The summed E-state index contributed by atoms with van der Waals surface area (Å²) in [6, 6.07) is 12.3. The molecule has 0 aliphatic heterocycles. The van der Waals surface area contributed by atoms with E-state index in [-0.39, 0.29) is 11.0 Å². The molecule has 24 heavy (non-hydrogen) atoms. The van der Waals surface area contributed by atoms with E-state index < -0.39 is 0 Å². The van der Waals surface area contributed by atoms with Gasteiger partial charge in [-0.1, -0.05) is 30.7 Å². The first-order valence-electron chi connectivity index (χ1n) is 7.30. The molecule has 0 bridgehead atoms. The van der Waals surface area contributed by atoms with E-state index in [2.05, 4.69) is 26.6 Å². The molecule has 0 aliphatic rings. The van der Waals surface area contributed by atoms with Crippen LogP contribution < -0.4 is 15.4 Å². The molecule has 0 unspecified atom stereocenters. The van der Waals surface area contributed by atoms with Gasteiger partial charge in [-0.15, -0.1) is 0 Å². The van der Waals surface area contributed by atoms with Crippen molar-refractivity contribution in [2.45, 2.75) is 13.3 Å². The first-order chi connectivity index (χ1) is 11.5. The van der Waals surface area contributed by atoms with Crippen LogP contribution in [0.2, 0.25) is 5.02 Å². The van der Waals surface area contributed by atoms with Gasteiger partial charge in [0.05, 0.1) is 21.8 Å².